The first-order valence-electron chi connectivity index (χ1n) is 22.2. The fourth-order valence-corrected chi connectivity index (χ4v) is 9.33. The molecule has 10 rings (SSSR count). The Labute approximate surface area is 397 Å². The van der Waals surface area contributed by atoms with Crippen molar-refractivity contribution in [2.75, 3.05) is 0 Å². The van der Waals surface area contributed by atoms with Gasteiger partial charge in [-0.25, -0.2) is 19.9 Å². The average Bonchev–Trinajstić information content (AvgIpc) is 4.08. The number of imidazole rings is 1. The number of aromatic amines is 1. The molecule has 0 aliphatic heterocycles. The molecule has 340 valence electrons. The molecule has 10 heteroatoms. The van der Waals surface area contributed by atoms with Crippen molar-refractivity contribution in [3.05, 3.63) is 148 Å². The Kier molecular flexibility index (Phi) is 14.9. The molecule has 7 heterocycles. The number of nitrogens with one attached hydrogen (secondary N) is 1. The molecule has 1 N–H and O–H groups in total. The van der Waals surface area contributed by atoms with E-state index in [9.17, 15) is 0 Å². The number of H-pyrrole nitrogens is 1. The highest BCUT2D eigenvalue weighted by Gasteiger charge is 2.19. The van der Waals surface area contributed by atoms with Gasteiger partial charge in [0.25, 0.3) is 0 Å². The van der Waals surface area contributed by atoms with Crippen molar-refractivity contribution < 1.29 is 4.42 Å². The van der Waals surface area contributed by atoms with E-state index in [2.05, 4.69) is 207 Å². The summed E-state index contributed by atoms with van der Waals surface area (Å²) in [5, 5.41) is 1.26. The zero-order valence-corrected chi connectivity index (χ0v) is 43.4. The maximum atomic E-state index is 5.17. The molecule has 7 nitrogen and oxygen atoms in total. The molecule has 0 aliphatic carbocycles. The van der Waals surface area contributed by atoms with Crippen molar-refractivity contribution >= 4 is 86.8 Å². The zero-order valence-electron chi connectivity index (χ0n) is 40.9. The van der Waals surface area contributed by atoms with Crippen LogP contribution in [0.5, 0.6) is 0 Å². The van der Waals surface area contributed by atoms with E-state index in [0.717, 1.165) is 38.0 Å². The molecule has 0 radical (unpaired) electrons. The highest BCUT2D eigenvalue weighted by atomic mass is 32.1. The maximum absolute atomic E-state index is 5.17. The lowest BCUT2D eigenvalue weighted by Gasteiger charge is -2.18. The Morgan fingerprint density at radius 1 is 0.462 bits per heavy atom. The number of thiazole rings is 1. The fraction of sp³-hybridized carbons (Fsp3) is 0.364. The van der Waals surface area contributed by atoms with Gasteiger partial charge in [0.1, 0.15) is 10.3 Å². The van der Waals surface area contributed by atoms with Crippen LogP contribution >= 0.6 is 34.0 Å². The number of hydrogen-bond donors (Lipinski definition) is 1. The van der Waals surface area contributed by atoms with Gasteiger partial charge in [-0.2, -0.15) is 0 Å². The van der Waals surface area contributed by atoms with Gasteiger partial charge in [0, 0.05) is 27.5 Å². The number of aromatic nitrogens is 6. The molecule has 10 aromatic rings. The first kappa shape index (κ1) is 49.2. The standard InChI is InChI=1S/C11H14N2.C11H13NO.3C11H13NS/c1-11(2,3)8-4-5-9-10(6-8)13-7-12-9;2*1-11(2,3)8-4-5-10-9(6-8)12-7-13-10;1-11(2,3)10-7-8-9(13-10)5-4-6-12-8;1-11(2,3)9-7-8-5-4-6-12-10(8)13-9/h4-7H,1-3H3,(H,12,13);4*4-7H,1-3H3. The van der Waals surface area contributed by atoms with E-state index in [1.165, 1.54) is 47.6 Å². The minimum absolute atomic E-state index is 0.174. The third kappa shape index (κ3) is 13.2. The summed E-state index contributed by atoms with van der Waals surface area (Å²) in [6, 6.07) is 31.7. The summed E-state index contributed by atoms with van der Waals surface area (Å²) in [5.74, 6) is 0. The van der Waals surface area contributed by atoms with E-state index >= 15 is 0 Å². The van der Waals surface area contributed by atoms with Gasteiger partial charge in [0.05, 0.1) is 43.3 Å². The molecule has 0 bridgehead atoms. The molecule has 0 unspecified atom stereocenters. The molecule has 7 aromatic heterocycles. The summed E-state index contributed by atoms with van der Waals surface area (Å²) < 4.78 is 7.73. The van der Waals surface area contributed by atoms with Gasteiger partial charge < -0.3 is 9.40 Å². The Morgan fingerprint density at radius 3 is 1.69 bits per heavy atom. The second kappa shape index (κ2) is 19.7. The summed E-state index contributed by atoms with van der Waals surface area (Å²) in [6.07, 6.45) is 6.92. The van der Waals surface area contributed by atoms with Gasteiger partial charge in [0.2, 0.25) is 0 Å². The van der Waals surface area contributed by atoms with Gasteiger partial charge in [-0.1, -0.05) is 128 Å². The topological polar surface area (TPSA) is 93.4 Å². The highest BCUT2D eigenvalue weighted by molar-refractivity contribution is 7.19. The van der Waals surface area contributed by atoms with E-state index in [1.54, 1.807) is 29.0 Å². The number of fused-ring (bicyclic) bond motifs is 5. The van der Waals surface area contributed by atoms with Crippen LogP contribution in [0.15, 0.2) is 126 Å². The van der Waals surface area contributed by atoms with Crippen LogP contribution in [-0.2, 0) is 27.1 Å². The van der Waals surface area contributed by atoms with Crippen molar-refractivity contribution in [1.82, 2.24) is 29.9 Å². The summed E-state index contributed by atoms with van der Waals surface area (Å²) in [4.78, 5) is 28.4. The molecule has 0 fully saturated rings. The molecule has 0 atom stereocenters. The van der Waals surface area contributed by atoms with Crippen molar-refractivity contribution in [2.24, 2.45) is 0 Å². The fourth-order valence-electron chi connectivity index (χ4n) is 6.53. The van der Waals surface area contributed by atoms with Gasteiger partial charge in [-0.15, -0.1) is 34.0 Å². The maximum Gasteiger partial charge on any atom is 0.181 e. The monoisotopic (exact) mass is 922 g/mol. The van der Waals surface area contributed by atoms with Crippen LogP contribution in [0.2, 0.25) is 0 Å². The Bertz CT molecular complexity index is 2710. The Balaban J connectivity index is 0.000000135. The predicted molar refractivity (Wildman–Crippen MR) is 282 cm³/mol. The predicted octanol–water partition coefficient (Wildman–Crippen LogP) is 16.8. The summed E-state index contributed by atoms with van der Waals surface area (Å²) in [5.41, 5.74) is 13.2. The van der Waals surface area contributed by atoms with Crippen LogP contribution in [0.3, 0.4) is 0 Å². The Hall–Kier alpha value is -5.29. The lowest BCUT2D eigenvalue weighted by atomic mass is 9.87. The minimum atomic E-state index is 0.174. The quantitative estimate of drug-likeness (QED) is 0.163. The van der Waals surface area contributed by atoms with Gasteiger partial charge in [-0.3, -0.25) is 4.98 Å². The van der Waals surface area contributed by atoms with Crippen LogP contribution in [0.25, 0.3) is 52.8 Å². The molecule has 0 saturated carbocycles. The van der Waals surface area contributed by atoms with Gasteiger partial charge in [-0.05, 0) is 110 Å². The van der Waals surface area contributed by atoms with Crippen LogP contribution < -0.4 is 0 Å². The summed E-state index contributed by atoms with van der Waals surface area (Å²) in [7, 11) is 0. The summed E-state index contributed by atoms with van der Waals surface area (Å²) in [6.45, 7) is 33.3. The number of rotatable bonds is 0. The smallest absolute Gasteiger partial charge is 0.181 e. The third-order valence-electron chi connectivity index (χ3n) is 10.7. The van der Waals surface area contributed by atoms with E-state index in [4.69, 9.17) is 4.42 Å². The van der Waals surface area contributed by atoms with Crippen LogP contribution in [0.1, 0.15) is 130 Å². The molecule has 0 amide bonds. The molecular weight excluding hydrogens is 857 g/mol. The van der Waals surface area contributed by atoms with E-state index < -0.39 is 0 Å². The van der Waals surface area contributed by atoms with Crippen molar-refractivity contribution in [1.29, 1.82) is 0 Å². The van der Waals surface area contributed by atoms with E-state index in [1.807, 2.05) is 47.4 Å². The molecule has 65 heavy (non-hydrogen) atoms. The van der Waals surface area contributed by atoms with Crippen molar-refractivity contribution in [3.8, 4) is 0 Å². The molecule has 3 aromatic carbocycles. The molecule has 0 aliphatic rings. The van der Waals surface area contributed by atoms with Crippen LogP contribution in [0, 0.1) is 0 Å². The number of thiophene rings is 2. The lowest BCUT2D eigenvalue weighted by molar-refractivity contribution is 0.588. The molecule has 0 saturated heterocycles. The normalized spacial score (nSPS) is 12.2. The SMILES string of the molecule is CC(C)(C)c1cc2cccnc2s1.CC(C)(C)c1cc2ncccc2s1.CC(C)(C)c1ccc2nc[nH]c2c1.CC(C)(C)c1ccc2ocnc2c1.CC(C)(C)c1ccc2scnc2c1. The van der Waals surface area contributed by atoms with Crippen molar-refractivity contribution in [3.63, 3.8) is 0 Å². The second-order valence-corrected chi connectivity index (χ2v) is 24.5. The first-order valence-corrected chi connectivity index (χ1v) is 24.7. The Morgan fingerprint density at radius 2 is 1.05 bits per heavy atom. The molecular formula is C55H66N6OS3. The van der Waals surface area contributed by atoms with E-state index in [0.29, 0.717) is 0 Å². The third-order valence-corrected chi connectivity index (χ3v) is 14.5. The number of oxazole rings is 1. The second-order valence-electron chi connectivity index (χ2n) is 21.5. The van der Waals surface area contributed by atoms with Crippen LogP contribution in [0.4, 0.5) is 0 Å². The number of nitrogens with zero attached hydrogens (tertiary/aromatic N) is 5. The summed E-state index contributed by atoms with van der Waals surface area (Å²) >= 11 is 5.33. The number of pyridine rings is 2. The lowest BCUT2D eigenvalue weighted by Crippen LogP contribution is -2.10. The number of benzene rings is 3. The van der Waals surface area contributed by atoms with E-state index in [-0.39, 0.29) is 27.1 Å². The van der Waals surface area contributed by atoms with Crippen LogP contribution in [-0.4, -0.2) is 29.9 Å². The first-order chi connectivity index (χ1) is 30.4. The minimum Gasteiger partial charge on any atom is -0.443 e. The van der Waals surface area contributed by atoms with Crippen molar-refractivity contribution in [2.45, 2.75) is 131 Å². The van der Waals surface area contributed by atoms with Gasteiger partial charge >= 0.3 is 0 Å². The zero-order chi connectivity index (χ0) is 47.4. The largest absolute Gasteiger partial charge is 0.443 e. The molecule has 0 spiro atoms. The number of hydrogen-bond acceptors (Lipinski definition) is 9. The average molecular weight is 923 g/mol. The van der Waals surface area contributed by atoms with Gasteiger partial charge in [0.15, 0.2) is 12.0 Å². The highest BCUT2D eigenvalue weighted by Crippen LogP contribution is 2.34.